The SMILES string of the molecule is Cc1ncccc1OC1(C(=O)N2CC=C[C@H]2C(C)C)CCNCC1. The number of hydrogen-bond acceptors (Lipinski definition) is 4. The number of ether oxygens (including phenoxy) is 1. The van der Waals surface area contributed by atoms with Crippen LogP contribution < -0.4 is 10.1 Å². The van der Waals surface area contributed by atoms with E-state index in [0.29, 0.717) is 31.1 Å². The van der Waals surface area contributed by atoms with Crippen molar-refractivity contribution in [3.8, 4) is 5.75 Å². The van der Waals surface area contributed by atoms with Gasteiger partial charge in [0.25, 0.3) is 5.91 Å². The number of piperidine rings is 1. The summed E-state index contributed by atoms with van der Waals surface area (Å²) >= 11 is 0. The van der Waals surface area contributed by atoms with Crippen molar-refractivity contribution in [1.29, 1.82) is 0 Å². The summed E-state index contributed by atoms with van der Waals surface area (Å²) < 4.78 is 6.35. The quantitative estimate of drug-likeness (QED) is 0.861. The van der Waals surface area contributed by atoms with Gasteiger partial charge >= 0.3 is 0 Å². The van der Waals surface area contributed by atoms with E-state index in [-0.39, 0.29) is 11.9 Å². The maximum absolute atomic E-state index is 13.5. The second-order valence-electron chi connectivity index (χ2n) is 7.05. The number of carbonyl (C=O) groups excluding carboxylic acids is 1. The maximum Gasteiger partial charge on any atom is 0.267 e. The molecule has 5 heteroatoms. The molecule has 1 aromatic heterocycles. The third kappa shape index (κ3) is 3.18. The molecule has 0 spiro atoms. The molecule has 0 saturated carbocycles. The Hall–Kier alpha value is -1.88. The zero-order valence-corrected chi connectivity index (χ0v) is 14.8. The highest BCUT2D eigenvalue weighted by atomic mass is 16.5. The predicted molar refractivity (Wildman–Crippen MR) is 93.9 cm³/mol. The Kier molecular flexibility index (Phi) is 4.90. The number of pyridine rings is 1. The molecule has 0 aromatic carbocycles. The van der Waals surface area contributed by atoms with Gasteiger partial charge in [-0.15, -0.1) is 0 Å². The maximum atomic E-state index is 13.5. The molecule has 5 nitrogen and oxygen atoms in total. The summed E-state index contributed by atoms with van der Waals surface area (Å²) in [4.78, 5) is 19.7. The van der Waals surface area contributed by atoms with E-state index in [1.807, 2.05) is 24.0 Å². The van der Waals surface area contributed by atoms with Crippen molar-refractivity contribution < 1.29 is 9.53 Å². The van der Waals surface area contributed by atoms with E-state index in [9.17, 15) is 4.79 Å². The second kappa shape index (κ2) is 6.93. The van der Waals surface area contributed by atoms with Crippen LogP contribution in [0.1, 0.15) is 32.4 Å². The normalized spacial score (nSPS) is 22.8. The van der Waals surface area contributed by atoms with Gasteiger partial charge in [0.1, 0.15) is 5.75 Å². The molecule has 1 N–H and O–H groups in total. The lowest BCUT2D eigenvalue weighted by atomic mass is 9.89. The number of aryl methyl sites for hydroxylation is 1. The number of carbonyl (C=O) groups is 1. The van der Waals surface area contributed by atoms with Gasteiger partial charge < -0.3 is 15.0 Å². The summed E-state index contributed by atoms with van der Waals surface area (Å²) in [5.74, 6) is 1.21. The van der Waals surface area contributed by atoms with Gasteiger partial charge in [-0.05, 0) is 38.1 Å². The van der Waals surface area contributed by atoms with Gasteiger partial charge in [0.2, 0.25) is 0 Å². The molecule has 1 aromatic rings. The van der Waals surface area contributed by atoms with Crippen LogP contribution in [0, 0.1) is 12.8 Å². The Morgan fingerprint density at radius 2 is 2.17 bits per heavy atom. The Morgan fingerprint density at radius 3 is 2.83 bits per heavy atom. The Morgan fingerprint density at radius 1 is 1.42 bits per heavy atom. The fourth-order valence-corrected chi connectivity index (χ4v) is 3.58. The number of nitrogens with one attached hydrogen (secondary N) is 1. The molecule has 0 bridgehead atoms. The van der Waals surface area contributed by atoms with E-state index < -0.39 is 5.60 Å². The molecule has 1 amide bonds. The summed E-state index contributed by atoms with van der Waals surface area (Å²) in [5.41, 5.74) is 0.0289. The van der Waals surface area contributed by atoms with Crippen LogP contribution in [-0.2, 0) is 4.79 Å². The fraction of sp³-hybridized carbons (Fsp3) is 0.579. The van der Waals surface area contributed by atoms with Crippen molar-refractivity contribution in [3.63, 3.8) is 0 Å². The minimum Gasteiger partial charge on any atom is -0.475 e. The molecule has 130 valence electrons. The highest BCUT2D eigenvalue weighted by molar-refractivity contribution is 5.87. The van der Waals surface area contributed by atoms with Crippen molar-refractivity contribution >= 4 is 5.91 Å². The molecule has 0 radical (unpaired) electrons. The molecule has 2 aliphatic heterocycles. The Balaban J connectivity index is 1.88. The highest BCUT2D eigenvalue weighted by Gasteiger charge is 2.47. The standard InChI is InChI=1S/C19H27N3O2/c1-14(2)16-6-5-13-22(16)18(23)19(8-11-20-12-9-19)24-17-7-4-10-21-15(17)3/h4-7,10,14,16,20H,8-9,11-13H2,1-3H3/t16-/m0/s1. The average Bonchev–Trinajstić information content (AvgIpc) is 3.07. The van der Waals surface area contributed by atoms with Gasteiger partial charge in [-0.1, -0.05) is 26.0 Å². The van der Waals surface area contributed by atoms with Gasteiger partial charge in [-0.2, -0.15) is 0 Å². The minimum absolute atomic E-state index is 0.107. The molecular weight excluding hydrogens is 302 g/mol. The van der Waals surface area contributed by atoms with Crippen LogP contribution in [0.4, 0.5) is 0 Å². The van der Waals surface area contributed by atoms with Crippen molar-refractivity contribution in [2.75, 3.05) is 19.6 Å². The first-order valence-electron chi connectivity index (χ1n) is 8.82. The zero-order chi connectivity index (χ0) is 17.2. The molecule has 3 rings (SSSR count). The highest BCUT2D eigenvalue weighted by Crippen LogP contribution is 2.32. The molecule has 3 heterocycles. The topological polar surface area (TPSA) is 54.5 Å². The first kappa shape index (κ1) is 17.0. The third-order valence-electron chi connectivity index (χ3n) is 5.00. The van der Waals surface area contributed by atoms with Crippen LogP contribution in [0.25, 0.3) is 0 Å². The van der Waals surface area contributed by atoms with E-state index in [1.54, 1.807) is 6.20 Å². The number of aromatic nitrogens is 1. The zero-order valence-electron chi connectivity index (χ0n) is 14.8. The fourth-order valence-electron chi connectivity index (χ4n) is 3.58. The Labute approximate surface area is 144 Å². The monoisotopic (exact) mass is 329 g/mol. The van der Waals surface area contributed by atoms with Crippen molar-refractivity contribution in [2.24, 2.45) is 5.92 Å². The van der Waals surface area contributed by atoms with Crippen LogP contribution in [0.3, 0.4) is 0 Å². The lowest BCUT2D eigenvalue weighted by Crippen LogP contribution is -2.59. The smallest absolute Gasteiger partial charge is 0.267 e. The molecular formula is C19H27N3O2. The molecule has 0 aliphatic carbocycles. The van der Waals surface area contributed by atoms with E-state index in [2.05, 4.69) is 36.3 Å². The van der Waals surface area contributed by atoms with E-state index >= 15 is 0 Å². The van der Waals surface area contributed by atoms with Crippen LogP contribution in [0.5, 0.6) is 5.75 Å². The Bertz CT molecular complexity index is 621. The molecule has 24 heavy (non-hydrogen) atoms. The van der Waals surface area contributed by atoms with Crippen LogP contribution in [-0.4, -0.2) is 47.1 Å². The van der Waals surface area contributed by atoms with Crippen LogP contribution in [0.15, 0.2) is 30.5 Å². The molecule has 1 atom stereocenters. The number of rotatable bonds is 4. The van der Waals surface area contributed by atoms with Crippen molar-refractivity contribution in [3.05, 3.63) is 36.2 Å². The largest absolute Gasteiger partial charge is 0.475 e. The van der Waals surface area contributed by atoms with E-state index in [4.69, 9.17) is 4.74 Å². The summed E-state index contributed by atoms with van der Waals surface area (Å²) in [6, 6.07) is 3.92. The number of amides is 1. The summed E-state index contributed by atoms with van der Waals surface area (Å²) in [5, 5.41) is 3.34. The lowest BCUT2D eigenvalue weighted by molar-refractivity contribution is -0.152. The molecule has 1 fully saturated rings. The molecule has 2 aliphatic rings. The van der Waals surface area contributed by atoms with Gasteiger partial charge in [-0.3, -0.25) is 9.78 Å². The van der Waals surface area contributed by atoms with Gasteiger partial charge in [-0.25, -0.2) is 0 Å². The lowest BCUT2D eigenvalue weighted by Gasteiger charge is -2.41. The summed E-state index contributed by atoms with van der Waals surface area (Å²) in [6.45, 7) is 8.48. The first-order valence-corrected chi connectivity index (χ1v) is 8.82. The predicted octanol–water partition coefficient (Wildman–Crippen LogP) is 2.31. The minimum atomic E-state index is -0.793. The van der Waals surface area contributed by atoms with Crippen LogP contribution >= 0.6 is 0 Å². The van der Waals surface area contributed by atoms with E-state index in [1.165, 1.54) is 0 Å². The number of nitrogens with zero attached hydrogens (tertiary/aromatic N) is 2. The third-order valence-corrected chi connectivity index (χ3v) is 5.00. The molecule has 0 unspecified atom stereocenters. The van der Waals surface area contributed by atoms with Gasteiger partial charge in [0.05, 0.1) is 11.7 Å². The van der Waals surface area contributed by atoms with Crippen molar-refractivity contribution in [1.82, 2.24) is 15.2 Å². The first-order chi connectivity index (χ1) is 11.5. The van der Waals surface area contributed by atoms with Gasteiger partial charge in [0, 0.05) is 25.6 Å². The van der Waals surface area contributed by atoms with E-state index in [0.717, 1.165) is 18.8 Å². The van der Waals surface area contributed by atoms with Crippen molar-refractivity contribution in [2.45, 2.75) is 45.3 Å². The summed E-state index contributed by atoms with van der Waals surface area (Å²) in [7, 11) is 0. The summed E-state index contributed by atoms with van der Waals surface area (Å²) in [6.07, 6.45) is 7.35. The average molecular weight is 329 g/mol. The van der Waals surface area contributed by atoms with Crippen LogP contribution in [0.2, 0.25) is 0 Å². The second-order valence-corrected chi connectivity index (χ2v) is 7.05. The number of hydrogen-bond donors (Lipinski definition) is 1. The van der Waals surface area contributed by atoms with Gasteiger partial charge in [0.15, 0.2) is 5.60 Å². The molecule has 1 saturated heterocycles.